The molecule has 18 heavy (non-hydrogen) atoms. The van der Waals surface area contributed by atoms with Crippen molar-refractivity contribution >= 4 is 46.0 Å². The molecule has 0 aromatic heterocycles. The minimum absolute atomic E-state index is 0.317. The van der Waals surface area contributed by atoms with Gasteiger partial charge in [-0.25, -0.2) is 0 Å². The van der Waals surface area contributed by atoms with Crippen molar-refractivity contribution in [2.24, 2.45) is 0 Å². The number of carbonyl (C=O) groups excluding carboxylic acids is 1. The summed E-state index contributed by atoms with van der Waals surface area (Å²) >= 11 is 5.92. The van der Waals surface area contributed by atoms with Crippen LogP contribution < -0.4 is 5.32 Å². The first-order valence-corrected chi connectivity index (χ1v) is 5.92. The number of carbonyl (C=O) groups is 1. The molecule has 0 unspecified atom stereocenters. The summed E-state index contributed by atoms with van der Waals surface area (Å²) in [5.74, 6) is -0.761. The molecule has 1 aliphatic rings. The summed E-state index contributed by atoms with van der Waals surface area (Å²) in [6, 6.07) is 3.85. The molecule has 0 aliphatic carbocycles. The highest BCUT2D eigenvalue weighted by molar-refractivity contribution is 8.26. The van der Waals surface area contributed by atoms with Crippen molar-refractivity contribution in [1.29, 1.82) is 0 Å². The first kappa shape index (κ1) is 12.5. The molecule has 0 radical (unpaired) electrons. The maximum atomic E-state index is 11.4. The Labute approximate surface area is 111 Å². The smallest absolute Gasteiger partial charge is 0.310 e. The highest BCUT2D eigenvalue weighted by Crippen LogP contribution is 2.30. The molecule has 2 rings (SSSR count). The van der Waals surface area contributed by atoms with Gasteiger partial charge in [0.25, 0.3) is 5.91 Å². The second kappa shape index (κ2) is 4.75. The van der Waals surface area contributed by atoms with E-state index in [0.717, 1.165) is 11.8 Å². The van der Waals surface area contributed by atoms with Crippen LogP contribution in [0.15, 0.2) is 23.1 Å². The summed E-state index contributed by atoms with van der Waals surface area (Å²) in [6.45, 7) is 0. The third-order valence-corrected chi connectivity index (χ3v) is 3.30. The molecule has 8 heteroatoms. The van der Waals surface area contributed by atoms with E-state index in [4.69, 9.17) is 12.2 Å². The number of nitro groups is 1. The van der Waals surface area contributed by atoms with Crippen LogP contribution in [0.1, 0.15) is 5.56 Å². The van der Waals surface area contributed by atoms with Gasteiger partial charge in [-0.15, -0.1) is 0 Å². The zero-order valence-corrected chi connectivity index (χ0v) is 10.4. The number of phenolic OH excluding ortho intramolecular Hbond substituents is 1. The van der Waals surface area contributed by atoms with E-state index >= 15 is 0 Å². The van der Waals surface area contributed by atoms with Gasteiger partial charge in [0.2, 0.25) is 0 Å². The number of rotatable bonds is 2. The topological polar surface area (TPSA) is 92.5 Å². The molecule has 1 aromatic rings. The molecular formula is C10H6N2O4S2. The summed E-state index contributed by atoms with van der Waals surface area (Å²) in [7, 11) is 0. The van der Waals surface area contributed by atoms with Crippen LogP contribution in [0.3, 0.4) is 0 Å². The Morgan fingerprint density at radius 3 is 2.72 bits per heavy atom. The van der Waals surface area contributed by atoms with Crippen molar-refractivity contribution in [2.45, 2.75) is 0 Å². The summed E-state index contributed by atoms with van der Waals surface area (Å²) in [4.78, 5) is 21.6. The fourth-order valence-corrected chi connectivity index (χ4v) is 2.40. The van der Waals surface area contributed by atoms with Crippen LogP contribution in [-0.4, -0.2) is 20.3 Å². The third-order valence-electron chi connectivity index (χ3n) is 2.14. The van der Waals surface area contributed by atoms with E-state index in [-0.39, 0.29) is 11.6 Å². The second-order valence-electron chi connectivity index (χ2n) is 3.36. The molecule has 1 heterocycles. The minimum atomic E-state index is -0.682. The lowest BCUT2D eigenvalue weighted by atomic mass is 10.1. The molecule has 0 atom stereocenters. The Hall–Kier alpha value is -1.93. The molecule has 1 saturated heterocycles. The largest absolute Gasteiger partial charge is 0.502 e. The fourth-order valence-electron chi connectivity index (χ4n) is 1.36. The Balaban J connectivity index is 2.33. The Morgan fingerprint density at radius 2 is 2.22 bits per heavy atom. The van der Waals surface area contributed by atoms with Gasteiger partial charge in [-0.2, -0.15) is 0 Å². The lowest BCUT2D eigenvalue weighted by molar-refractivity contribution is -0.385. The number of thiocarbonyl (C=S) groups is 1. The SMILES string of the molecule is O=C1NC(=S)S/C1=C\c1ccc([N+](=O)[O-])c(O)c1. The van der Waals surface area contributed by atoms with Gasteiger partial charge in [0.05, 0.1) is 9.83 Å². The number of hydrogen-bond donors (Lipinski definition) is 2. The Bertz CT molecular complexity index is 598. The molecule has 92 valence electrons. The van der Waals surface area contributed by atoms with Crippen LogP contribution >= 0.6 is 24.0 Å². The molecule has 1 aromatic carbocycles. The van der Waals surface area contributed by atoms with E-state index in [1.165, 1.54) is 24.3 Å². The summed E-state index contributed by atoms with van der Waals surface area (Å²) in [6.07, 6.45) is 1.50. The zero-order chi connectivity index (χ0) is 13.3. The first-order valence-electron chi connectivity index (χ1n) is 4.69. The zero-order valence-electron chi connectivity index (χ0n) is 8.75. The van der Waals surface area contributed by atoms with Gasteiger partial charge in [-0.3, -0.25) is 14.9 Å². The quantitative estimate of drug-likeness (QED) is 0.372. The number of amides is 1. The number of phenols is 1. The van der Waals surface area contributed by atoms with Crippen molar-refractivity contribution < 1.29 is 14.8 Å². The average molecular weight is 282 g/mol. The van der Waals surface area contributed by atoms with E-state index < -0.39 is 10.7 Å². The van der Waals surface area contributed by atoms with E-state index in [9.17, 15) is 20.0 Å². The molecule has 0 spiro atoms. The number of nitro benzene ring substituents is 1. The van der Waals surface area contributed by atoms with Crippen molar-refractivity contribution in [1.82, 2.24) is 5.32 Å². The Kier molecular flexibility index (Phi) is 3.30. The van der Waals surface area contributed by atoms with E-state index in [1.807, 2.05) is 0 Å². The van der Waals surface area contributed by atoms with Crippen molar-refractivity contribution in [3.8, 4) is 5.75 Å². The van der Waals surface area contributed by atoms with Crippen LogP contribution in [0.5, 0.6) is 5.75 Å². The third kappa shape index (κ3) is 2.49. The van der Waals surface area contributed by atoms with E-state index in [1.54, 1.807) is 0 Å². The van der Waals surface area contributed by atoms with Crippen LogP contribution in [0, 0.1) is 10.1 Å². The molecular weight excluding hydrogens is 276 g/mol. The van der Waals surface area contributed by atoms with Crippen molar-refractivity contribution in [3.63, 3.8) is 0 Å². The number of nitrogens with one attached hydrogen (secondary N) is 1. The number of thioether (sulfide) groups is 1. The van der Waals surface area contributed by atoms with Crippen molar-refractivity contribution in [3.05, 3.63) is 38.8 Å². The van der Waals surface area contributed by atoms with Gasteiger partial charge >= 0.3 is 5.69 Å². The standard InChI is InChI=1S/C10H6N2O4S2/c13-7-3-5(1-2-6(7)12(15)16)4-8-9(14)11-10(17)18-8/h1-4,13H,(H,11,14,17)/b8-4-. The summed E-state index contributed by atoms with van der Waals surface area (Å²) < 4.78 is 0.359. The maximum Gasteiger partial charge on any atom is 0.310 e. The molecule has 1 aliphatic heterocycles. The summed E-state index contributed by atoms with van der Waals surface area (Å²) in [5, 5.41) is 22.4. The van der Waals surface area contributed by atoms with E-state index in [0.29, 0.717) is 14.8 Å². The molecule has 1 fully saturated rings. The molecule has 0 saturated carbocycles. The average Bonchev–Trinajstić information content (AvgIpc) is 2.57. The number of benzene rings is 1. The van der Waals surface area contributed by atoms with Crippen LogP contribution in [0.25, 0.3) is 6.08 Å². The van der Waals surface area contributed by atoms with Crippen molar-refractivity contribution in [2.75, 3.05) is 0 Å². The number of aromatic hydroxyl groups is 1. The lowest BCUT2D eigenvalue weighted by Gasteiger charge is -1.98. The highest BCUT2D eigenvalue weighted by Gasteiger charge is 2.22. The van der Waals surface area contributed by atoms with Gasteiger partial charge in [0.15, 0.2) is 5.75 Å². The maximum absolute atomic E-state index is 11.4. The molecule has 2 N–H and O–H groups in total. The van der Waals surface area contributed by atoms with Gasteiger partial charge in [-0.05, 0) is 23.8 Å². The molecule has 0 bridgehead atoms. The van der Waals surface area contributed by atoms with Gasteiger partial charge in [0.1, 0.15) is 4.32 Å². The highest BCUT2D eigenvalue weighted by atomic mass is 32.2. The monoisotopic (exact) mass is 282 g/mol. The van der Waals surface area contributed by atoms with Gasteiger partial charge < -0.3 is 10.4 Å². The fraction of sp³-hybridized carbons (Fsp3) is 0. The van der Waals surface area contributed by atoms with Gasteiger partial charge in [0, 0.05) is 6.07 Å². The minimum Gasteiger partial charge on any atom is -0.502 e. The predicted molar refractivity (Wildman–Crippen MR) is 71.1 cm³/mol. The summed E-state index contributed by atoms with van der Waals surface area (Å²) in [5.41, 5.74) is 0.108. The molecule has 1 amide bonds. The first-order chi connectivity index (χ1) is 8.47. The Morgan fingerprint density at radius 1 is 1.50 bits per heavy atom. The lowest BCUT2D eigenvalue weighted by Crippen LogP contribution is -2.17. The number of hydrogen-bond acceptors (Lipinski definition) is 6. The normalized spacial score (nSPS) is 17.0. The molecule has 6 nitrogen and oxygen atoms in total. The van der Waals surface area contributed by atoms with Crippen LogP contribution in [0.2, 0.25) is 0 Å². The number of nitrogens with zero attached hydrogens (tertiary/aromatic N) is 1. The van der Waals surface area contributed by atoms with Crippen LogP contribution in [-0.2, 0) is 4.79 Å². The van der Waals surface area contributed by atoms with Crippen LogP contribution in [0.4, 0.5) is 5.69 Å². The second-order valence-corrected chi connectivity index (χ2v) is 5.08. The predicted octanol–water partition coefficient (Wildman–Crippen LogP) is 1.79. The van der Waals surface area contributed by atoms with E-state index in [2.05, 4.69) is 5.32 Å². The van der Waals surface area contributed by atoms with Gasteiger partial charge in [-0.1, -0.05) is 24.0 Å².